The minimum absolute atomic E-state index is 0. The molecule has 0 aromatic heterocycles. The van der Waals surface area contributed by atoms with Crippen molar-refractivity contribution in [3.8, 4) is 5.75 Å². The minimum Gasteiger partial charge on any atom is -1.00 e. The zero-order valence-corrected chi connectivity index (χ0v) is 34.5. The first-order chi connectivity index (χ1) is 22.0. The van der Waals surface area contributed by atoms with E-state index in [0.717, 1.165) is 5.56 Å². The normalized spacial score (nSPS) is 11.2. The maximum absolute atomic E-state index is 11.7. The van der Waals surface area contributed by atoms with Gasteiger partial charge in [-0.05, 0) is 16.4 Å². The summed E-state index contributed by atoms with van der Waals surface area (Å²) < 4.78 is 0. The van der Waals surface area contributed by atoms with Gasteiger partial charge in [-0.15, -0.1) is 62.7 Å². The number of hydrogen-bond donors (Lipinski definition) is 0. The van der Waals surface area contributed by atoms with Gasteiger partial charge < -0.3 is 17.5 Å². The number of rotatable bonds is 0. The topological polar surface area (TPSA) is 23.1 Å². The molecule has 0 saturated heterocycles. The summed E-state index contributed by atoms with van der Waals surface area (Å²) in [7, 11) is 0. The average molecular weight is 749 g/mol. The maximum atomic E-state index is 11.7. The van der Waals surface area contributed by atoms with Crippen LogP contribution in [0.2, 0.25) is 13.1 Å². The molecule has 0 spiro atoms. The summed E-state index contributed by atoms with van der Waals surface area (Å²) in [5.74, 6) is 0.149. The summed E-state index contributed by atoms with van der Waals surface area (Å²) in [6, 6.07) is 40.6. The fraction of sp³-hybridized carbons (Fsp3) is 0.273. The van der Waals surface area contributed by atoms with Crippen molar-refractivity contribution in [3.05, 3.63) is 138 Å². The molecule has 0 amide bonds. The van der Waals surface area contributed by atoms with E-state index in [2.05, 4.69) is 172 Å². The molecule has 0 saturated carbocycles. The first kappa shape index (κ1) is 39.5. The predicted octanol–water partition coefficient (Wildman–Crippen LogP) is 9.18. The average Bonchev–Trinajstić information content (AvgIpc) is 3.58. The fourth-order valence-electron chi connectivity index (χ4n) is 5.81. The van der Waals surface area contributed by atoms with Crippen LogP contribution in [0.4, 0.5) is 0 Å². The standard InChI is InChI=1S/C14H22O.2C14H11.C2H6Si.ClH.Zr/c1-13(2,3)10-7-8-12(15)11(9-10)14(4,5)6;2*1-10-8-12-7-6-11-4-2-3-5-13(11)14(12)9-10;1-3-2;;/h7-9,15H,1-6H3;2*2-9H,1H3;1-2H3;1H;/q;2*-1;;;+2/p-2. The minimum atomic E-state index is -0.0711. The molecule has 0 aliphatic carbocycles. The SMILES string of the molecule is CC(C)(C)c1ccc([O-])c(C(C)(C)C)c1.C[Si](C)=[Zr+2].Cc1cc2ccc3ccccc3c2[cH-]1.Cc1cc2ccc3ccccc3c2[cH-]1.[Cl-]. The van der Waals surface area contributed by atoms with Crippen LogP contribution in [0.5, 0.6) is 5.75 Å². The van der Waals surface area contributed by atoms with Crippen LogP contribution in [0.15, 0.2) is 115 Å². The van der Waals surface area contributed by atoms with Gasteiger partial charge in [0.2, 0.25) is 0 Å². The van der Waals surface area contributed by atoms with E-state index in [1.165, 1.54) is 59.8 Å². The molecule has 0 heterocycles. The zero-order valence-electron chi connectivity index (χ0n) is 30.3. The molecule has 0 unspecified atom stereocenters. The van der Waals surface area contributed by atoms with Gasteiger partial charge in [0.1, 0.15) is 0 Å². The first-order valence-electron chi connectivity index (χ1n) is 16.5. The van der Waals surface area contributed by atoms with Crippen LogP contribution in [0.1, 0.15) is 63.8 Å². The number of halogens is 1. The molecule has 1 nitrogen and oxygen atoms in total. The summed E-state index contributed by atoms with van der Waals surface area (Å²) in [5, 5.41) is 22.6. The predicted molar refractivity (Wildman–Crippen MR) is 204 cm³/mol. The van der Waals surface area contributed by atoms with Crippen LogP contribution in [-0.4, -0.2) is 5.43 Å². The van der Waals surface area contributed by atoms with Crippen molar-refractivity contribution in [3.63, 3.8) is 0 Å². The van der Waals surface area contributed by atoms with Crippen molar-refractivity contribution in [2.75, 3.05) is 0 Å². The van der Waals surface area contributed by atoms with Gasteiger partial charge in [0.05, 0.1) is 0 Å². The van der Waals surface area contributed by atoms with Crippen LogP contribution in [0.3, 0.4) is 0 Å². The Kier molecular flexibility index (Phi) is 13.7. The Bertz CT molecular complexity index is 2020. The number of hydrogen-bond acceptors (Lipinski definition) is 1. The van der Waals surface area contributed by atoms with E-state index in [1.807, 2.05) is 6.07 Å². The fourth-order valence-corrected chi connectivity index (χ4v) is 5.81. The molecule has 0 bridgehead atoms. The Morgan fingerprint density at radius 2 is 0.958 bits per heavy atom. The molecule has 0 N–H and O–H groups in total. The molecule has 0 aliphatic heterocycles. The quantitative estimate of drug-likeness (QED) is 0.112. The van der Waals surface area contributed by atoms with Crippen molar-refractivity contribution < 1.29 is 40.8 Å². The molecule has 248 valence electrons. The van der Waals surface area contributed by atoms with Gasteiger partial charge in [-0.25, -0.2) is 0 Å². The second kappa shape index (κ2) is 16.6. The zero-order chi connectivity index (χ0) is 34.5. The molecular formula is C44H49ClOSiZr-2. The van der Waals surface area contributed by atoms with Gasteiger partial charge in [-0.3, -0.25) is 0 Å². The maximum Gasteiger partial charge on any atom is -0.0579 e. The second-order valence-corrected chi connectivity index (χ2v) is 24.2. The third kappa shape index (κ3) is 10.3. The van der Waals surface area contributed by atoms with E-state index >= 15 is 0 Å². The Morgan fingerprint density at radius 1 is 0.562 bits per heavy atom. The second-order valence-electron chi connectivity index (χ2n) is 14.9. The Morgan fingerprint density at radius 3 is 1.35 bits per heavy atom. The van der Waals surface area contributed by atoms with Crippen molar-refractivity contribution in [2.45, 2.75) is 79.3 Å². The largest absolute Gasteiger partial charge is 1.00 e. The van der Waals surface area contributed by atoms with E-state index in [-0.39, 0.29) is 34.4 Å². The van der Waals surface area contributed by atoms with E-state index in [9.17, 15) is 5.11 Å². The van der Waals surface area contributed by atoms with Crippen molar-refractivity contribution in [2.24, 2.45) is 0 Å². The van der Waals surface area contributed by atoms with Crippen LogP contribution in [-0.2, 0) is 34.2 Å². The van der Waals surface area contributed by atoms with E-state index in [1.54, 1.807) is 29.4 Å². The Balaban J connectivity index is 0.000000183. The van der Waals surface area contributed by atoms with Crippen molar-refractivity contribution in [1.82, 2.24) is 0 Å². The third-order valence-electron chi connectivity index (χ3n) is 8.17. The van der Waals surface area contributed by atoms with Gasteiger partial charge in [0.15, 0.2) is 0 Å². The molecule has 48 heavy (non-hydrogen) atoms. The summed E-state index contributed by atoms with van der Waals surface area (Å²) in [6.07, 6.45) is 0. The van der Waals surface area contributed by atoms with E-state index < -0.39 is 0 Å². The van der Waals surface area contributed by atoms with Crippen LogP contribution >= 0.6 is 0 Å². The summed E-state index contributed by atoms with van der Waals surface area (Å²) in [6.45, 7) is 21.6. The van der Waals surface area contributed by atoms with E-state index in [4.69, 9.17) is 0 Å². The van der Waals surface area contributed by atoms with Gasteiger partial charge >= 0.3 is 41.9 Å². The van der Waals surface area contributed by atoms with E-state index in [0.29, 0.717) is 0 Å². The summed E-state index contributed by atoms with van der Waals surface area (Å²) in [5.41, 5.74) is 5.07. The molecule has 7 rings (SSSR count). The first-order valence-corrected chi connectivity index (χ1v) is 22.7. The van der Waals surface area contributed by atoms with Crippen LogP contribution < -0.4 is 17.5 Å². The molecular weight excluding hydrogens is 699 g/mol. The Hall–Kier alpha value is -2.97. The molecule has 0 radical (unpaired) electrons. The monoisotopic (exact) mass is 746 g/mol. The number of aryl methyl sites for hydroxylation is 2. The van der Waals surface area contributed by atoms with Gasteiger partial charge in [0.25, 0.3) is 0 Å². The smallest absolute Gasteiger partial charge is 0.0579 e. The van der Waals surface area contributed by atoms with Crippen molar-refractivity contribution >= 4 is 48.5 Å². The van der Waals surface area contributed by atoms with Crippen LogP contribution in [0.25, 0.3) is 43.1 Å². The summed E-state index contributed by atoms with van der Waals surface area (Å²) >= 11 is 1.74. The number of benzene rings is 5. The molecule has 4 heteroatoms. The molecule has 7 aromatic carbocycles. The van der Waals surface area contributed by atoms with Crippen molar-refractivity contribution in [1.29, 1.82) is 0 Å². The van der Waals surface area contributed by atoms with Gasteiger partial charge in [0, 0.05) is 0 Å². The molecule has 0 aliphatic rings. The third-order valence-corrected chi connectivity index (χ3v) is 8.17. The summed E-state index contributed by atoms with van der Waals surface area (Å²) in [4.78, 5) is 0. The Labute approximate surface area is 309 Å². The van der Waals surface area contributed by atoms with Gasteiger partial charge in [-0.1, -0.05) is 161 Å². The van der Waals surface area contributed by atoms with Gasteiger partial charge in [-0.2, -0.15) is 12.1 Å². The molecule has 7 aromatic rings. The number of fused-ring (bicyclic) bond motifs is 6. The molecule has 0 fully saturated rings. The van der Waals surface area contributed by atoms with Crippen LogP contribution in [0, 0.1) is 13.8 Å². The molecule has 0 atom stereocenters.